The summed E-state index contributed by atoms with van der Waals surface area (Å²) >= 11 is -3.08. The first-order chi connectivity index (χ1) is 21.3. The first-order valence-corrected chi connectivity index (χ1v) is 15.1. The number of hydrogen-bond donors (Lipinski definition) is 3. The van der Waals surface area contributed by atoms with E-state index in [1.165, 1.54) is 31.2 Å². The van der Waals surface area contributed by atoms with Crippen LogP contribution < -0.4 is 20.1 Å². The Bertz CT molecular complexity index is 1690. The van der Waals surface area contributed by atoms with Crippen LogP contribution in [0.1, 0.15) is 36.4 Å². The van der Waals surface area contributed by atoms with Crippen LogP contribution in [0.4, 0.5) is 23.5 Å². The summed E-state index contributed by atoms with van der Waals surface area (Å²) < 4.78 is 90.9. The van der Waals surface area contributed by atoms with Crippen LogP contribution in [-0.4, -0.2) is 42.8 Å². The molecule has 4 aromatic rings. The minimum atomic E-state index is -3.08. The molecule has 6 rings (SSSR count). The molecule has 9 nitrogen and oxygen atoms in total. The maximum atomic E-state index is 15.4. The van der Waals surface area contributed by atoms with E-state index in [2.05, 4.69) is 25.6 Å². The molecule has 0 radical (unpaired) electrons. The van der Waals surface area contributed by atoms with Gasteiger partial charge in [0.15, 0.2) is 11.6 Å². The Morgan fingerprint density at radius 3 is 2.55 bits per heavy atom. The number of nitrogens with zero attached hydrogens (tertiary/aromatic N) is 3. The Morgan fingerprint density at radius 2 is 1.77 bits per heavy atom. The minimum absolute atomic E-state index is 0.134. The zero-order valence-electron chi connectivity index (χ0n) is 23.1. The molecule has 3 heterocycles. The lowest BCUT2D eigenvalue weighted by atomic mass is 9.91. The number of rotatable bonds is 10. The van der Waals surface area contributed by atoms with Gasteiger partial charge in [-0.3, -0.25) is 4.21 Å². The van der Waals surface area contributed by atoms with Gasteiger partial charge in [-0.25, -0.2) is 32.8 Å². The number of hydrogen-bond acceptors (Lipinski definition) is 8. The fraction of sp³-hybridized carbons (Fsp3) is 0.300. The highest BCUT2D eigenvalue weighted by atomic mass is 32.2. The van der Waals surface area contributed by atoms with Gasteiger partial charge in [0.25, 0.3) is 0 Å². The highest BCUT2D eigenvalue weighted by molar-refractivity contribution is 7.77. The molecule has 1 saturated heterocycles. The monoisotopic (exact) mass is 627 g/mol. The van der Waals surface area contributed by atoms with Crippen LogP contribution in [0.5, 0.6) is 11.6 Å². The third-order valence-corrected chi connectivity index (χ3v) is 8.22. The van der Waals surface area contributed by atoms with E-state index in [1.807, 2.05) is 4.72 Å². The normalized spacial score (nSPS) is 19.8. The van der Waals surface area contributed by atoms with Gasteiger partial charge in [-0.05, 0) is 61.9 Å². The second kappa shape index (κ2) is 12.9. The molecule has 44 heavy (non-hydrogen) atoms. The van der Waals surface area contributed by atoms with Crippen molar-refractivity contribution in [1.29, 1.82) is 0 Å². The quantitative estimate of drug-likeness (QED) is 0.125. The van der Waals surface area contributed by atoms with Gasteiger partial charge < -0.3 is 19.9 Å². The van der Waals surface area contributed by atoms with E-state index in [1.54, 1.807) is 24.4 Å². The van der Waals surface area contributed by atoms with Crippen molar-refractivity contribution in [2.24, 2.45) is 11.8 Å². The zero-order chi connectivity index (χ0) is 30.8. The summed E-state index contributed by atoms with van der Waals surface area (Å²) in [6, 6.07) is 8.34. The van der Waals surface area contributed by atoms with Crippen molar-refractivity contribution in [2.75, 3.05) is 18.4 Å². The van der Waals surface area contributed by atoms with Gasteiger partial charge in [0.05, 0.1) is 17.3 Å². The van der Waals surface area contributed by atoms with E-state index in [-0.39, 0.29) is 11.9 Å². The van der Waals surface area contributed by atoms with Gasteiger partial charge in [0.1, 0.15) is 11.6 Å². The molecule has 0 bridgehead atoms. The number of halogens is 4. The molecule has 2 aliphatic rings. The number of aromatic nitrogens is 3. The Hall–Kier alpha value is -3.98. The molecule has 2 fully saturated rings. The SMILES string of the molecule is O=S([O-])NC(c1ccccc1F)c1c(F)cc(Oc2ncccc2-c2ccnc(NC3CNCC(C4CC4)C3)n2)c(F)c1F. The average Bonchev–Trinajstić information content (AvgIpc) is 3.86. The molecule has 1 aliphatic carbocycles. The van der Waals surface area contributed by atoms with Crippen LogP contribution in [0.25, 0.3) is 11.3 Å². The summed E-state index contributed by atoms with van der Waals surface area (Å²) in [5.74, 6) is -5.03. The van der Waals surface area contributed by atoms with Gasteiger partial charge in [-0.15, -0.1) is 0 Å². The van der Waals surface area contributed by atoms with E-state index in [4.69, 9.17) is 4.74 Å². The molecule has 4 unspecified atom stereocenters. The lowest BCUT2D eigenvalue weighted by Gasteiger charge is -2.30. The molecular formula is C30H27F4N6O3S-. The summed E-state index contributed by atoms with van der Waals surface area (Å²) in [6.45, 7) is 1.76. The molecule has 3 N–H and O–H groups in total. The van der Waals surface area contributed by atoms with Crippen LogP contribution in [-0.2, 0) is 11.3 Å². The molecular weight excluding hydrogens is 600 g/mol. The smallest absolute Gasteiger partial charge is 0.228 e. The van der Waals surface area contributed by atoms with E-state index < -0.39 is 57.5 Å². The maximum absolute atomic E-state index is 15.4. The third kappa shape index (κ3) is 6.58. The van der Waals surface area contributed by atoms with E-state index in [9.17, 15) is 13.2 Å². The first-order valence-electron chi connectivity index (χ1n) is 14.0. The lowest BCUT2D eigenvalue weighted by Crippen LogP contribution is -2.44. The predicted octanol–water partition coefficient (Wildman–Crippen LogP) is 5.16. The van der Waals surface area contributed by atoms with Crippen molar-refractivity contribution in [1.82, 2.24) is 25.0 Å². The van der Waals surface area contributed by atoms with Crippen molar-refractivity contribution in [2.45, 2.75) is 31.3 Å². The van der Waals surface area contributed by atoms with E-state index in [0.29, 0.717) is 29.2 Å². The van der Waals surface area contributed by atoms with Crippen molar-refractivity contribution >= 4 is 17.2 Å². The Kier molecular flexibility index (Phi) is 8.84. The fourth-order valence-electron chi connectivity index (χ4n) is 5.55. The van der Waals surface area contributed by atoms with Crippen molar-refractivity contribution < 1.29 is 31.1 Å². The van der Waals surface area contributed by atoms with Crippen LogP contribution >= 0.6 is 0 Å². The van der Waals surface area contributed by atoms with Crippen LogP contribution in [0.15, 0.2) is 60.9 Å². The summed E-state index contributed by atoms with van der Waals surface area (Å²) in [6.07, 6.45) is 6.41. The molecule has 0 spiro atoms. The highest BCUT2D eigenvalue weighted by Crippen LogP contribution is 2.40. The van der Waals surface area contributed by atoms with Crippen LogP contribution in [0.3, 0.4) is 0 Å². The lowest BCUT2D eigenvalue weighted by molar-refractivity contribution is 0.321. The van der Waals surface area contributed by atoms with Gasteiger partial charge in [0, 0.05) is 53.4 Å². The molecule has 0 amide bonds. The number of benzene rings is 2. The number of piperidine rings is 1. The van der Waals surface area contributed by atoms with Gasteiger partial charge in [-0.1, -0.05) is 18.2 Å². The molecule has 1 aliphatic heterocycles. The summed E-state index contributed by atoms with van der Waals surface area (Å²) in [7, 11) is 0. The van der Waals surface area contributed by atoms with Crippen LogP contribution in [0, 0.1) is 35.1 Å². The number of anilines is 1. The average molecular weight is 628 g/mol. The molecule has 230 valence electrons. The van der Waals surface area contributed by atoms with Gasteiger partial charge in [0.2, 0.25) is 17.6 Å². The molecule has 2 aromatic carbocycles. The summed E-state index contributed by atoms with van der Waals surface area (Å²) in [4.78, 5) is 13.0. The third-order valence-electron chi connectivity index (χ3n) is 7.80. The standard InChI is InChI=1S/C30H28F4N6O3S/c31-21-6-2-1-4-19(21)28(40-44(41)42)25-22(32)13-24(26(33)27(25)34)43-29-20(5-3-10-36-29)23-9-11-37-30(39-23)38-18-12-17(14-35-15-18)16-7-8-16/h1-6,9-11,13,16-18,28,35,40H,7-8,12,14-15H2,(H,41,42)(H,37,38,39)/p-1. The molecule has 14 heteroatoms. The number of pyridine rings is 1. The minimum Gasteiger partial charge on any atom is -0.760 e. The van der Waals surface area contributed by atoms with Crippen molar-refractivity contribution in [3.8, 4) is 22.9 Å². The maximum Gasteiger partial charge on any atom is 0.228 e. The molecule has 2 aromatic heterocycles. The fourth-order valence-corrected chi connectivity index (χ4v) is 5.99. The Morgan fingerprint density at radius 1 is 0.955 bits per heavy atom. The predicted molar refractivity (Wildman–Crippen MR) is 153 cm³/mol. The largest absolute Gasteiger partial charge is 0.760 e. The topological polar surface area (TPSA) is 124 Å². The summed E-state index contributed by atoms with van der Waals surface area (Å²) in [5.41, 5.74) is -0.784. The van der Waals surface area contributed by atoms with Crippen molar-refractivity contribution in [3.63, 3.8) is 0 Å². The van der Waals surface area contributed by atoms with E-state index in [0.717, 1.165) is 37.6 Å². The molecule has 1 saturated carbocycles. The van der Waals surface area contributed by atoms with Crippen molar-refractivity contribution in [3.05, 3.63) is 95.3 Å². The zero-order valence-corrected chi connectivity index (χ0v) is 23.9. The highest BCUT2D eigenvalue weighted by Gasteiger charge is 2.35. The summed E-state index contributed by atoms with van der Waals surface area (Å²) in [5, 5.41) is 6.82. The van der Waals surface area contributed by atoms with Gasteiger partial charge >= 0.3 is 0 Å². The second-order valence-corrected chi connectivity index (χ2v) is 11.5. The number of ether oxygens (including phenoxy) is 1. The Labute approximate surface area is 252 Å². The van der Waals surface area contributed by atoms with Gasteiger partial charge in [-0.2, -0.15) is 4.39 Å². The van der Waals surface area contributed by atoms with Crippen LogP contribution in [0.2, 0.25) is 0 Å². The first kappa shape index (κ1) is 30.1. The second-order valence-electron chi connectivity index (χ2n) is 10.8. The Balaban J connectivity index is 1.28. The van der Waals surface area contributed by atoms with E-state index >= 15 is 13.2 Å². The number of nitrogens with one attached hydrogen (secondary N) is 3. The molecule has 4 atom stereocenters.